The molecule has 1 atom stereocenters. The van der Waals surface area contributed by atoms with E-state index in [9.17, 15) is 5.11 Å². The van der Waals surface area contributed by atoms with Crippen molar-refractivity contribution in [3.05, 3.63) is 22.7 Å². The number of anilines is 1. The lowest BCUT2D eigenvalue weighted by Gasteiger charge is -2.15. The number of nitrogens with one attached hydrogen (secondary N) is 1. The van der Waals surface area contributed by atoms with Gasteiger partial charge in [-0.1, -0.05) is 13.8 Å². The predicted octanol–water partition coefficient (Wildman–Crippen LogP) is 3.68. The highest BCUT2D eigenvalue weighted by Gasteiger charge is 2.07. The Kier molecular flexibility index (Phi) is 8.73. The minimum Gasteiger partial charge on any atom is -0.497 e. The molecule has 2 N–H and O–H groups in total. The molecule has 0 aromatic heterocycles. The standard InChI is InChI=1S/C16H26BrNO3/c1-12(2)5-4-8-21-11-13(19)10-18-16-9-14(20-3)6-7-15(16)17/h6-7,9,12-13,18-19H,4-5,8,10-11H2,1-3H3. The van der Waals surface area contributed by atoms with Crippen LogP contribution in [0.15, 0.2) is 22.7 Å². The first-order chi connectivity index (χ1) is 10.0. The largest absolute Gasteiger partial charge is 0.497 e. The van der Waals surface area contributed by atoms with Gasteiger partial charge >= 0.3 is 0 Å². The van der Waals surface area contributed by atoms with E-state index < -0.39 is 6.10 Å². The summed E-state index contributed by atoms with van der Waals surface area (Å²) in [5.41, 5.74) is 0.896. The van der Waals surface area contributed by atoms with E-state index in [2.05, 4.69) is 35.1 Å². The summed E-state index contributed by atoms with van der Waals surface area (Å²) in [6, 6.07) is 5.68. The van der Waals surface area contributed by atoms with Crippen molar-refractivity contribution >= 4 is 21.6 Å². The van der Waals surface area contributed by atoms with Crippen LogP contribution >= 0.6 is 15.9 Å². The van der Waals surface area contributed by atoms with Crippen molar-refractivity contribution in [1.82, 2.24) is 0 Å². The van der Waals surface area contributed by atoms with Gasteiger partial charge in [-0.3, -0.25) is 0 Å². The van der Waals surface area contributed by atoms with Gasteiger partial charge in [0.25, 0.3) is 0 Å². The minimum atomic E-state index is -0.526. The summed E-state index contributed by atoms with van der Waals surface area (Å²) in [6.45, 7) is 5.90. The molecule has 0 saturated heterocycles. The maximum atomic E-state index is 9.90. The first-order valence-corrected chi connectivity index (χ1v) is 8.15. The highest BCUT2D eigenvalue weighted by molar-refractivity contribution is 9.10. The van der Waals surface area contributed by atoms with Crippen LogP contribution in [0.1, 0.15) is 26.7 Å². The Balaban J connectivity index is 2.25. The first kappa shape index (κ1) is 18.3. The van der Waals surface area contributed by atoms with E-state index >= 15 is 0 Å². The molecular weight excluding hydrogens is 334 g/mol. The van der Waals surface area contributed by atoms with Crippen LogP contribution in [0.4, 0.5) is 5.69 Å². The Morgan fingerprint density at radius 1 is 1.33 bits per heavy atom. The quantitative estimate of drug-likeness (QED) is 0.625. The number of ether oxygens (including phenoxy) is 2. The van der Waals surface area contributed by atoms with Crippen molar-refractivity contribution in [3.8, 4) is 5.75 Å². The molecule has 0 fully saturated rings. The summed E-state index contributed by atoms with van der Waals surface area (Å²) >= 11 is 3.47. The Bertz CT molecular complexity index is 413. The molecule has 0 aliphatic heterocycles. The summed E-state index contributed by atoms with van der Waals surface area (Å²) in [4.78, 5) is 0. The van der Waals surface area contributed by atoms with Crippen LogP contribution in [0, 0.1) is 5.92 Å². The maximum Gasteiger partial charge on any atom is 0.121 e. The fraction of sp³-hybridized carbons (Fsp3) is 0.625. The second-order valence-electron chi connectivity index (χ2n) is 5.49. The third kappa shape index (κ3) is 7.69. The molecule has 4 nitrogen and oxygen atoms in total. The van der Waals surface area contributed by atoms with Crippen LogP contribution in [-0.4, -0.2) is 38.1 Å². The van der Waals surface area contributed by atoms with Crippen LogP contribution in [0.25, 0.3) is 0 Å². The average Bonchev–Trinajstić information content (AvgIpc) is 2.45. The van der Waals surface area contributed by atoms with E-state index in [4.69, 9.17) is 9.47 Å². The van der Waals surface area contributed by atoms with Gasteiger partial charge < -0.3 is 19.9 Å². The highest BCUT2D eigenvalue weighted by atomic mass is 79.9. The van der Waals surface area contributed by atoms with Crippen LogP contribution in [0.2, 0.25) is 0 Å². The van der Waals surface area contributed by atoms with E-state index in [1.54, 1.807) is 7.11 Å². The van der Waals surface area contributed by atoms with E-state index in [0.29, 0.717) is 25.7 Å². The lowest BCUT2D eigenvalue weighted by atomic mass is 10.1. The average molecular weight is 360 g/mol. The fourth-order valence-corrected chi connectivity index (χ4v) is 2.25. The molecule has 1 aromatic carbocycles. The van der Waals surface area contributed by atoms with E-state index in [1.165, 1.54) is 0 Å². The maximum absolute atomic E-state index is 9.90. The van der Waals surface area contributed by atoms with Crippen molar-refractivity contribution in [2.75, 3.05) is 32.2 Å². The van der Waals surface area contributed by atoms with Crippen molar-refractivity contribution in [2.45, 2.75) is 32.8 Å². The molecule has 120 valence electrons. The van der Waals surface area contributed by atoms with E-state index in [-0.39, 0.29) is 0 Å². The number of hydrogen-bond donors (Lipinski definition) is 2. The molecule has 1 unspecified atom stereocenters. The molecule has 0 aliphatic rings. The molecule has 1 aromatic rings. The number of hydrogen-bond acceptors (Lipinski definition) is 4. The lowest BCUT2D eigenvalue weighted by Crippen LogP contribution is -2.25. The second-order valence-corrected chi connectivity index (χ2v) is 6.35. The van der Waals surface area contributed by atoms with Crippen molar-refractivity contribution < 1.29 is 14.6 Å². The van der Waals surface area contributed by atoms with Crippen LogP contribution < -0.4 is 10.1 Å². The number of rotatable bonds is 10. The van der Waals surface area contributed by atoms with Gasteiger partial charge in [-0.05, 0) is 46.8 Å². The predicted molar refractivity (Wildman–Crippen MR) is 90.1 cm³/mol. The van der Waals surface area contributed by atoms with Crippen molar-refractivity contribution in [3.63, 3.8) is 0 Å². The topological polar surface area (TPSA) is 50.7 Å². The normalized spacial score (nSPS) is 12.5. The van der Waals surface area contributed by atoms with E-state index in [0.717, 1.165) is 28.8 Å². The second kappa shape index (κ2) is 10.0. The molecule has 0 amide bonds. The van der Waals surface area contributed by atoms with Gasteiger partial charge in [0.05, 0.1) is 25.5 Å². The number of aliphatic hydroxyl groups is 1. The molecule has 0 heterocycles. The van der Waals surface area contributed by atoms with E-state index in [1.807, 2.05) is 18.2 Å². The number of methoxy groups -OCH3 is 1. The van der Waals surface area contributed by atoms with Gasteiger partial charge in [0.2, 0.25) is 0 Å². The van der Waals surface area contributed by atoms with Gasteiger partial charge in [-0.25, -0.2) is 0 Å². The number of halogens is 1. The molecule has 1 rings (SSSR count). The molecule has 0 aliphatic carbocycles. The monoisotopic (exact) mass is 359 g/mol. The summed E-state index contributed by atoms with van der Waals surface area (Å²) in [6.07, 6.45) is 1.67. The zero-order valence-electron chi connectivity index (χ0n) is 13.1. The summed E-state index contributed by atoms with van der Waals surface area (Å²) in [5.74, 6) is 1.48. The molecule has 21 heavy (non-hydrogen) atoms. The Hall–Kier alpha value is -0.780. The van der Waals surface area contributed by atoms with Crippen LogP contribution in [-0.2, 0) is 4.74 Å². The SMILES string of the molecule is COc1ccc(Br)c(NCC(O)COCCCC(C)C)c1. The summed E-state index contributed by atoms with van der Waals surface area (Å²) < 4.78 is 11.6. The fourth-order valence-electron chi connectivity index (χ4n) is 1.87. The van der Waals surface area contributed by atoms with Gasteiger partial charge in [0.15, 0.2) is 0 Å². The smallest absolute Gasteiger partial charge is 0.121 e. The number of aliphatic hydroxyl groups excluding tert-OH is 1. The highest BCUT2D eigenvalue weighted by Crippen LogP contribution is 2.26. The van der Waals surface area contributed by atoms with Gasteiger partial charge in [0.1, 0.15) is 5.75 Å². The zero-order valence-corrected chi connectivity index (χ0v) is 14.6. The minimum absolute atomic E-state index is 0.354. The zero-order chi connectivity index (χ0) is 15.7. The first-order valence-electron chi connectivity index (χ1n) is 7.36. The number of benzene rings is 1. The molecule has 0 bridgehead atoms. The summed E-state index contributed by atoms with van der Waals surface area (Å²) in [7, 11) is 1.63. The Morgan fingerprint density at radius 3 is 2.76 bits per heavy atom. The Labute approximate surface area is 136 Å². The van der Waals surface area contributed by atoms with Crippen LogP contribution in [0.3, 0.4) is 0 Å². The molecule has 0 spiro atoms. The molecular formula is C16H26BrNO3. The van der Waals surface area contributed by atoms with Gasteiger partial charge in [-0.2, -0.15) is 0 Å². The third-order valence-electron chi connectivity index (χ3n) is 3.08. The van der Waals surface area contributed by atoms with Crippen LogP contribution in [0.5, 0.6) is 5.75 Å². The Morgan fingerprint density at radius 2 is 2.10 bits per heavy atom. The summed E-state index contributed by atoms with van der Waals surface area (Å²) in [5, 5.41) is 13.1. The lowest BCUT2D eigenvalue weighted by molar-refractivity contribution is 0.0409. The van der Waals surface area contributed by atoms with Crippen molar-refractivity contribution in [1.29, 1.82) is 0 Å². The molecule has 0 radical (unpaired) electrons. The van der Waals surface area contributed by atoms with Crippen molar-refractivity contribution in [2.24, 2.45) is 5.92 Å². The molecule has 0 saturated carbocycles. The third-order valence-corrected chi connectivity index (χ3v) is 3.77. The van der Waals surface area contributed by atoms with Gasteiger partial charge in [-0.15, -0.1) is 0 Å². The molecule has 5 heteroatoms. The van der Waals surface area contributed by atoms with Gasteiger partial charge in [0, 0.05) is 23.7 Å².